The number of carbonyl (C=O) groups excluding carboxylic acids is 1. The van der Waals surface area contributed by atoms with Crippen molar-refractivity contribution in [3.8, 4) is 11.1 Å². The van der Waals surface area contributed by atoms with Gasteiger partial charge in [-0.05, 0) is 54.3 Å². The molecule has 0 saturated heterocycles. The Morgan fingerprint density at radius 1 is 1.03 bits per heavy atom. The summed E-state index contributed by atoms with van der Waals surface area (Å²) < 4.78 is 1.94. The molecule has 8 heteroatoms. The van der Waals surface area contributed by atoms with Gasteiger partial charge in [0.2, 0.25) is 0 Å². The van der Waals surface area contributed by atoms with Crippen LogP contribution in [0.2, 0.25) is 0 Å². The number of pyridine rings is 2. The predicted octanol–water partition coefficient (Wildman–Crippen LogP) is 4.46. The molecule has 0 aliphatic carbocycles. The first-order chi connectivity index (χ1) is 16.4. The first-order valence-corrected chi connectivity index (χ1v) is 11.6. The quantitative estimate of drug-likeness (QED) is 0.372. The van der Waals surface area contributed by atoms with E-state index >= 15 is 0 Å². The third kappa shape index (κ3) is 4.31. The summed E-state index contributed by atoms with van der Waals surface area (Å²) in [4.78, 5) is 17.4. The van der Waals surface area contributed by atoms with Gasteiger partial charge < -0.3 is 16.0 Å². The number of para-hydroxylation sites is 2. The standard InChI is InChI=1S/C26H29N7O/c1-26(2,3)25-32-31-23-19(15-18(16-33(23)25)17-10-13-27-14-11-17)24(34)28-12-6-9-22-29-20-7-4-5-8-21(20)30-22/h4-5,7-8,10-11,13-16,22,29-30H,6,9,12H2,1-3H3,(H,28,34). The summed E-state index contributed by atoms with van der Waals surface area (Å²) in [6.45, 7) is 6.84. The molecule has 0 saturated carbocycles. The van der Waals surface area contributed by atoms with Crippen molar-refractivity contribution in [1.29, 1.82) is 0 Å². The maximum absolute atomic E-state index is 13.2. The molecule has 174 valence electrons. The van der Waals surface area contributed by atoms with E-state index in [-0.39, 0.29) is 17.5 Å². The molecule has 3 N–H and O–H groups in total. The van der Waals surface area contributed by atoms with E-state index in [0.717, 1.165) is 41.2 Å². The number of nitrogens with one attached hydrogen (secondary N) is 3. The Morgan fingerprint density at radius 3 is 2.41 bits per heavy atom. The van der Waals surface area contributed by atoms with Crippen molar-refractivity contribution in [3.05, 3.63) is 72.4 Å². The van der Waals surface area contributed by atoms with Gasteiger partial charge >= 0.3 is 0 Å². The van der Waals surface area contributed by atoms with Crippen LogP contribution in [0.1, 0.15) is 49.8 Å². The normalized spacial score (nSPS) is 13.4. The number of benzene rings is 1. The van der Waals surface area contributed by atoms with Gasteiger partial charge in [-0.3, -0.25) is 14.2 Å². The Kier molecular flexibility index (Phi) is 5.65. The number of rotatable bonds is 6. The minimum absolute atomic E-state index is 0.149. The van der Waals surface area contributed by atoms with Crippen molar-refractivity contribution in [2.24, 2.45) is 0 Å². The third-order valence-corrected chi connectivity index (χ3v) is 5.98. The van der Waals surface area contributed by atoms with Gasteiger partial charge in [0.25, 0.3) is 5.91 Å². The summed E-state index contributed by atoms with van der Waals surface area (Å²) in [5.74, 6) is 0.662. The molecule has 1 aliphatic heterocycles. The van der Waals surface area contributed by atoms with Gasteiger partial charge in [0.05, 0.1) is 23.1 Å². The van der Waals surface area contributed by atoms with Crippen LogP contribution in [0.25, 0.3) is 16.8 Å². The molecule has 0 unspecified atom stereocenters. The van der Waals surface area contributed by atoms with E-state index in [2.05, 4.69) is 64.0 Å². The summed E-state index contributed by atoms with van der Waals surface area (Å²) in [5, 5.41) is 18.8. The van der Waals surface area contributed by atoms with Gasteiger partial charge in [0.15, 0.2) is 5.65 Å². The van der Waals surface area contributed by atoms with Crippen LogP contribution in [0, 0.1) is 0 Å². The molecule has 4 aromatic rings. The van der Waals surface area contributed by atoms with E-state index in [1.807, 2.05) is 40.9 Å². The number of hydrogen-bond donors (Lipinski definition) is 3. The fraction of sp³-hybridized carbons (Fsp3) is 0.308. The van der Waals surface area contributed by atoms with Crippen LogP contribution in [-0.4, -0.2) is 38.2 Å². The molecule has 0 spiro atoms. The van der Waals surface area contributed by atoms with Gasteiger partial charge in [0, 0.05) is 30.6 Å². The Balaban J connectivity index is 1.33. The minimum Gasteiger partial charge on any atom is -0.364 e. The van der Waals surface area contributed by atoms with Crippen molar-refractivity contribution in [3.63, 3.8) is 0 Å². The molecule has 0 radical (unpaired) electrons. The highest BCUT2D eigenvalue weighted by atomic mass is 16.1. The first-order valence-electron chi connectivity index (χ1n) is 11.6. The highest BCUT2D eigenvalue weighted by Gasteiger charge is 2.24. The van der Waals surface area contributed by atoms with Crippen molar-refractivity contribution >= 4 is 22.9 Å². The Hall–Kier alpha value is -3.94. The molecular weight excluding hydrogens is 426 g/mol. The number of fused-ring (bicyclic) bond motifs is 2. The molecule has 3 aromatic heterocycles. The smallest absolute Gasteiger partial charge is 0.255 e. The largest absolute Gasteiger partial charge is 0.364 e. The average Bonchev–Trinajstić information content (AvgIpc) is 3.45. The molecule has 1 aromatic carbocycles. The second kappa shape index (κ2) is 8.78. The van der Waals surface area contributed by atoms with E-state index in [1.165, 1.54) is 0 Å². The Labute approximate surface area is 198 Å². The fourth-order valence-electron chi connectivity index (χ4n) is 4.27. The zero-order valence-electron chi connectivity index (χ0n) is 19.7. The van der Waals surface area contributed by atoms with Crippen LogP contribution in [0.15, 0.2) is 61.1 Å². The Morgan fingerprint density at radius 2 is 1.74 bits per heavy atom. The highest BCUT2D eigenvalue weighted by molar-refractivity contribution is 6.01. The molecule has 1 amide bonds. The van der Waals surface area contributed by atoms with Gasteiger partial charge in [0.1, 0.15) is 5.82 Å². The SMILES string of the molecule is CC(C)(C)c1nnc2c(C(=O)NCCCC3Nc4ccccc4N3)cc(-c3ccncc3)cn12. The maximum atomic E-state index is 13.2. The Bertz CT molecular complexity index is 1300. The third-order valence-electron chi connectivity index (χ3n) is 5.98. The van der Waals surface area contributed by atoms with Crippen LogP contribution < -0.4 is 16.0 Å². The second-order valence-corrected chi connectivity index (χ2v) is 9.63. The number of hydrogen-bond acceptors (Lipinski definition) is 6. The average molecular weight is 456 g/mol. The molecule has 0 atom stereocenters. The van der Waals surface area contributed by atoms with Gasteiger partial charge in [-0.1, -0.05) is 32.9 Å². The van der Waals surface area contributed by atoms with Crippen molar-refractivity contribution in [2.75, 3.05) is 17.2 Å². The number of amides is 1. The minimum atomic E-state index is -0.219. The van der Waals surface area contributed by atoms with Crippen LogP contribution in [0.4, 0.5) is 11.4 Å². The number of carbonyl (C=O) groups is 1. The lowest BCUT2D eigenvalue weighted by Crippen LogP contribution is -2.28. The lowest BCUT2D eigenvalue weighted by atomic mass is 9.95. The lowest BCUT2D eigenvalue weighted by molar-refractivity contribution is 0.0954. The summed E-state index contributed by atoms with van der Waals surface area (Å²) in [6, 6.07) is 13.9. The zero-order valence-corrected chi connectivity index (χ0v) is 19.7. The van der Waals surface area contributed by atoms with E-state index in [9.17, 15) is 4.79 Å². The predicted molar refractivity (Wildman–Crippen MR) is 134 cm³/mol. The van der Waals surface area contributed by atoms with Crippen LogP contribution >= 0.6 is 0 Å². The van der Waals surface area contributed by atoms with E-state index < -0.39 is 0 Å². The monoisotopic (exact) mass is 455 g/mol. The summed E-state index contributed by atoms with van der Waals surface area (Å²) in [6.07, 6.45) is 7.39. The molecule has 1 aliphatic rings. The summed E-state index contributed by atoms with van der Waals surface area (Å²) >= 11 is 0. The highest BCUT2D eigenvalue weighted by Crippen LogP contribution is 2.29. The summed E-state index contributed by atoms with van der Waals surface area (Å²) in [5.41, 5.74) is 5.00. The summed E-state index contributed by atoms with van der Waals surface area (Å²) in [7, 11) is 0. The van der Waals surface area contributed by atoms with Crippen molar-refractivity contribution in [1.82, 2.24) is 24.9 Å². The first kappa shape index (κ1) is 21.9. The zero-order chi connectivity index (χ0) is 23.7. The van der Waals surface area contributed by atoms with Crippen molar-refractivity contribution in [2.45, 2.75) is 45.2 Å². The number of anilines is 2. The molecular formula is C26H29N7O. The molecule has 0 bridgehead atoms. The van der Waals surface area contributed by atoms with E-state index in [1.54, 1.807) is 12.4 Å². The number of aromatic nitrogens is 4. The van der Waals surface area contributed by atoms with Crippen LogP contribution in [-0.2, 0) is 5.41 Å². The van der Waals surface area contributed by atoms with E-state index in [4.69, 9.17) is 0 Å². The van der Waals surface area contributed by atoms with Crippen molar-refractivity contribution < 1.29 is 4.79 Å². The maximum Gasteiger partial charge on any atom is 0.255 e. The topological polar surface area (TPSA) is 96.2 Å². The van der Waals surface area contributed by atoms with Gasteiger partial charge in [-0.2, -0.15) is 0 Å². The van der Waals surface area contributed by atoms with Gasteiger partial charge in [-0.15, -0.1) is 10.2 Å². The fourth-order valence-corrected chi connectivity index (χ4v) is 4.27. The lowest BCUT2D eigenvalue weighted by Gasteiger charge is -2.17. The van der Waals surface area contributed by atoms with Crippen LogP contribution in [0.3, 0.4) is 0 Å². The second-order valence-electron chi connectivity index (χ2n) is 9.63. The number of nitrogens with zero attached hydrogens (tertiary/aromatic N) is 4. The van der Waals surface area contributed by atoms with Gasteiger partial charge in [-0.25, -0.2) is 0 Å². The molecule has 5 rings (SSSR count). The molecule has 34 heavy (non-hydrogen) atoms. The van der Waals surface area contributed by atoms with Crippen LogP contribution in [0.5, 0.6) is 0 Å². The molecule has 4 heterocycles. The molecule has 8 nitrogen and oxygen atoms in total. The molecule has 0 fully saturated rings. The van der Waals surface area contributed by atoms with E-state index in [0.29, 0.717) is 17.8 Å².